The van der Waals surface area contributed by atoms with Crippen LogP contribution in [0.4, 0.5) is 8.78 Å². The Labute approximate surface area is 122 Å². The predicted octanol–water partition coefficient (Wildman–Crippen LogP) is 4.09. The van der Waals surface area contributed by atoms with Crippen molar-refractivity contribution in [2.24, 2.45) is 0 Å². The molecule has 1 N–H and O–H groups in total. The molecule has 1 aromatic carbocycles. The Bertz CT molecular complexity index is 551. The minimum Gasteiger partial charge on any atom is -0.482 e. The van der Waals surface area contributed by atoms with Crippen molar-refractivity contribution in [1.82, 2.24) is 5.32 Å². The van der Waals surface area contributed by atoms with Gasteiger partial charge in [0.05, 0.1) is 3.79 Å². The van der Waals surface area contributed by atoms with Crippen LogP contribution in [0.2, 0.25) is 0 Å². The van der Waals surface area contributed by atoms with Crippen LogP contribution in [0, 0.1) is 11.6 Å². The molecule has 1 aromatic heterocycles. The van der Waals surface area contributed by atoms with Crippen molar-refractivity contribution in [2.45, 2.75) is 13.2 Å². The van der Waals surface area contributed by atoms with Crippen molar-refractivity contribution < 1.29 is 13.5 Å². The van der Waals surface area contributed by atoms with Crippen LogP contribution < -0.4 is 10.1 Å². The third-order valence-electron chi connectivity index (χ3n) is 2.43. The first kappa shape index (κ1) is 14.4. The second-order valence-electron chi connectivity index (χ2n) is 3.91. The fourth-order valence-electron chi connectivity index (χ4n) is 1.63. The van der Waals surface area contributed by atoms with Gasteiger partial charge in [-0.3, -0.25) is 0 Å². The zero-order valence-corrected chi connectivity index (χ0v) is 12.6. The normalized spacial score (nSPS) is 10.7. The molecule has 2 aromatic rings. The van der Waals surface area contributed by atoms with Crippen molar-refractivity contribution in [3.63, 3.8) is 0 Å². The maximum absolute atomic E-state index is 13.7. The van der Waals surface area contributed by atoms with Gasteiger partial charge in [-0.05, 0) is 52.8 Å². The molecule has 1 heterocycles. The summed E-state index contributed by atoms with van der Waals surface area (Å²) in [4.78, 5) is 0.893. The first-order chi connectivity index (χ1) is 9.10. The number of thiophene rings is 1. The maximum Gasteiger partial charge on any atom is 0.191 e. The molecule has 0 unspecified atom stereocenters. The average Bonchev–Trinajstić information content (AvgIpc) is 2.74. The van der Waals surface area contributed by atoms with Crippen molar-refractivity contribution in [3.8, 4) is 5.75 Å². The molecule has 0 radical (unpaired) electrons. The zero-order chi connectivity index (χ0) is 13.8. The molecule has 2 nitrogen and oxygen atoms in total. The van der Waals surface area contributed by atoms with Gasteiger partial charge in [0.2, 0.25) is 0 Å². The smallest absolute Gasteiger partial charge is 0.191 e. The van der Waals surface area contributed by atoms with Gasteiger partial charge in [-0.1, -0.05) is 0 Å². The average molecular weight is 348 g/mol. The van der Waals surface area contributed by atoms with Crippen LogP contribution in [0.5, 0.6) is 5.75 Å². The number of nitrogens with one attached hydrogen (secondary N) is 1. The maximum atomic E-state index is 13.7. The van der Waals surface area contributed by atoms with E-state index in [-0.39, 0.29) is 12.4 Å². The van der Waals surface area contributed by atoms with Gasteiger partial charge in [0.15, 0.2) is 17.4 Å². The van der Waals surface area contributed by atoms with Gasteiger partial charge in [-0.2, -0.15) is 0 Å². The van der Waals surface area contributed by atoms with Crippen LogP contribution in [0.15, 0.2) is 28.1 Å². The Morgan fingerprint density at radius 3 is 2.47 bits per heavy atom. The summed E-state index contributed by atoms with van der Waals surface area (Å²) in [6.07, 6.45) is 0. The molecule has 0 bridgehead atoms. The fraction of sp³-hybridized carbons (Fsp3) is 0.231. The molecule has 0 amide bonds. The minimum atomic E-state index is -0.680. The van der Waals surface area contributed by atoms with E-state index in [4.69, 9.17) is 4.74 Å². The first-order valence-electron chi connectivity index (χ1n) is 5.59. The molecule has 0 aliphatic rings. The summed E-state index contributed by atoms with van der Waals surface area (Å²) >= 11 is 4.79. The van der Waals surface area contributed by atoms with Gasteiger partial charge in [-0.25, -0.2) is 8.78 Å². The van der Waals surface area contributed by atoms with E-state index in [0.29, 0.717) is 12.1 Å². The van der Waals surface area contributed by atoms with Crippen LogP contribution >= 0.6 is 27.3 Å². The van der Waals surface area contributed by atoms with Crippen LogP contribution in [0.3, 0.4) is 0 Å². The SMILES string of the molecule is CNCc1cc(F)c(OCc2ccc(Br)s2)c(F)c1. The summed E-state index contributed by atoms with van der Waals surface area (Å²) < 4.78 is 33.7. The lowest BCUT2D eigenvalue weighted by Gasteiger charge is -2.09. The predicted molar refractivity (Wildman–Crippen MR) is 75.5 cm³/mol. The molecule has 0 spiro atoms. The molecule has 0 fully saturated rings. The van der Waals surface area contributed by atoms with E-state index in [1.165, 1.54) is 23.5 Å². The number of hydrogen-bond donors (Lipinski definition) is 1. The molecule has 2 rings (SSSR count). The summed E-state index contributed by atoms with van der Waals surface area (Å²) in [5, 5.41) is 2.84. The molecule has 0 atom stereocenters. The Hall–Kier alpha value is -0.980. The van der Waals surface area contributed by atoms with Crippen LogP contribution in [0.1, 0.15) is 10.4 Å². The Balaban J connectivity index is 2.11. The highest BCUT2D eigenvalue weighted by Crippen LogP contribution is 2.27. The van der Waals surface area contributed by atoms with E-state index < -0.39 is 11.6 Å². The van der Waals surface area contributed by atoms with Gasteiger partial charge in [0.25, 0.3) is 0 Å². The number of ether oxygens (including phenoxy) is 1. The van der Waals surface area contributed by atoms with E-state index >= 15 is 0 Å². The van der Waals surface area contributed by atoms with Crippen LogP contribution in [0.25, 0.3) is 0 Å². The van der Waals surface area contributed by atoms with Gasteiger partial charge < -0.3 is 10.1 Å². The van der Waals surface area contributed by atoms with E-state index in [0.717, 1.165) is 8.66 Å². The van der Waals surface area contributed by atoms with Crippen molar-refractivity contribution >= 4 is 27.3 Å². The van der Waals surface area contributed by atoms with Crippen LogP contribution in [-0.4, -0.2) is 7.05 Å². The quantitative estimate of drug-likeness (QED) is 0.879. The van der Waals surface area contributed by atoms with Gasteiger partial charge in [0.1, 0.15) is 6.61 Å². The topological polar surface area (TPSA) is 21.3 Å². The molecule has 0 aliphatic carbocycles. The molecule has 6 heteroatoms. The largest absolute Gasteiger partial charge is 0.482 e. The monoisotopic (exact) mass is 347 g/mol. The summed E-state index contributed by atoms with van der Waals surface area (Å²) in [5.74, 6) is -1.69. The number of halogens is 3. The minimum absolute atomic E-state index is 0.148. The van der Waals surface area contributed by atoms with E-state index in [1.54, 1.807) is 7.05 Å². The lowest BCUT2D eigenvalue weighted by molar-refractivity contribution is 0.276. The standard InChI is InChI=1S/C13H12BrF2NOS/c1-17-6-8-4-10(15)13(11(16)5-8)18-7-9-2-3-12(14)19-9/h2-5,17H,6-7H2,1H3. The Kier molecular flexibility index (Phi) is 4.90. The van der Waals surface area contributed by atoms with E-state index in [2.05, 4.69) is 21.2 Å². The molecule has 102 valence electrons. The molecule has 0 aliphatic heterocycles. The molecule has 0 saturated heterocycles. The highest BCUT2D eigenvalue weighted by atomic mass is 79.9. The number of rotatable bonds is 5. The molecule has 19 heavy (non-hydrogen) atoms. The van der Waals surface area contributed by atoms with Crippen molar-refractivity contribution in [2.75, 3.05) is 7.05 Å². The fourth-order valence-corrected chi connectivity index (χ4v) is 3.03. The van der Waals surface area contributed by atoms with Crippen LogP contribution in [-0.2, 0) is 13.2 Å². The Morgan fingerprint density at radius 2 is 1.95 bits per heavy atom. The Morgan fingerprint density at radius 1 is 1.26 bits per heavy atom. The summed E-state index contributed by atoms with van der Waals surface area (Å²) in [5.41, 5.74) is 0.545. The lowest BCUT2D eigenvalue weighted by atomic mass is 10.2. The first-order valence-corrected chi connectivity index (χ1v) is 7.20. The summed E-state index contributed by atoms with van der Waals surface area (Å²) in [6.45, 7) is 0.557. The second-order valence-corrected chi connectivity index (χ2v) is 6.46. The number of benzene rings is 1. The highest BCUT2D eigenvalue weighted by molar-refractivity contribution is 9.11. The van der Waals surface area contributed by atoms with Gasteiger partial charge in [0, 0.05) is 11.4 Å². The van der Waals surface area contributed by atoms with Gasteiger partial charge >= 0.3 is 0 Å². The third kappa shape index (κ3) is 3.75. The third-order valence-corrected chi connectivity index (χ3v) is 4.02. The van der Waals surface area contributed by atoms with Crippen molar-refractivity contribution in [1.29, 1.82) is 0 Å². The number of hydrogen-bond acceptors (Lipinski definition) is 3. The summed E-state index contributed by atoms with van der Waals surface area (Å²) in [6, 6.07) is 6.27. The zero-order valence-electron chi connectivity index (χ0n) is 10.2. The van der Waals surface area contributed by atoms with Gasteiger partial charge in [-0.15, -0.1) is 11.3 Å². The highest BCUT2D eigenvalue weighted by Gasteiger charge is 2.13. The second kappa shape index (κ2) is 6.45. The molecule has 0 saturated carbocycles. The van der Waals surface area contributed by atoms with E-state index in [9.17, 15) is 8.78 Å². The molecular weight excluding hydrogens is 336 g/mol. The lowest BCUT2D eigenvalue weighted by Crippen LogP contribution is -2.07. The van der Waals surface area contributed by atoms with E-state index in [1.807, 2.05) is 12.1 Å². The summed E-state index contributed by atoms with van der Waals surface area (Å²) in [7, 11) is 1.72. The van der Waals surface area contributed by atoms with Crippen molar-refractivity contribution in [3.05, 3.63) is 50.1 Å². The molecular formula is C13H12BrF2NOS.